The number of aromatic nitrogens is 3. The van der Waals surface area contributed by atoms with Crippen LogP contribution in [0.2, 0.25) is 5.02 Å². The van der Waals surface area contributed by atoms with Gasteiger partial charge in [0.25, 0.3) is 10.0 Å². The summed E-state index contributed by atoms with van der Waals surface area (Å²) < 4.78 is 68.3. The number of aryl methyl sites for hydroxylation is 1. The maximum atomic E-state index is 13.1. The van der Waals surface area contributed by atoms with Crippen molar-refractivity contribution >= 4 is 27.3 Å². The molecule has 170 valence electrons. The topological polar surface area (TPSA) is 80.1 Å². The van der Waals surface area contributed by atoms with Crippen molar-refractivity contribution in [3.8, 4) is 0 Å². The number of nitrogens with zero attached hydrogens (tertiary/aromatic N) is 4. The molecule has 1 aliphatic rings. The average molecular weight is 486 g/mol. The molecule has 0 spiro atoms. The molecule has 2 atom stereocenters. The summed E-state index contributed by atoms with van der Waals surface area (Å²) in [5.41, 5.74) is -0.144. The Labute approximate surface area is 187 Å². The fraction of sp³-hybridized carbons (Fsp3) is 0.300. The average Bonchev–Trinajstić information content (AvgIpc) is 3.35. The maximum absolute atomic E-state index is 13.1. The molecule has 1 fully saturated rings. The van der Waals surface area contributed by atoms with Crippen molar-refractivity contribution in [1.82, 2.24) is 18.8 Å². The second-order valence-corrected chi connectivity index (χ2v) is 9.80. The molecule has 1 N–H and O–H groups in total. The summed E-state index contributed by atoms with van der Waals surface area (Å²) in [6.07, 6.45) is -0.740. The van der Waals surface area contributed by atoms with E-state index in [0.29, 0.717) is 10.6 Å². The minimum absolute atomic E-state index is 0.0263. The molecule has 1 aromatic carbocycles. The Kier molecular flexibility index (Phi) is 5.91. The Morgan fingerprint density at radius 1 is 1.16 bits per heavy atom. The number of benzene rings is 1. The Morgan fingerprint density at radius 3 is 2.56 bits per heavy atom. The molecule has 12 heteroatoms. The predicted octanol–water partition coefficient (Wildman–Crippen LogP) is 3.76. The zero-order valence-electron chi connectivity index (χ0n) is 16.8. The van der Waals surface area contributed by atoms with Crippen molar-refractivity contribution in [3.05, 3.63) is 71.4 Å². The van der Waals surface area contributed by atoms with Gasteiger partial charge in [-0.05, 0) is 23.8 Å². The second kappa shape index (κ2) is 8.38. The molecule has 0 radical (unpaired) electrons. The van der Waals surface area contributed by atoms with Gasteiger partial charge >= 0.3 is 6.18 Å². The van der Waals surface area contributed by atoms with E-state index in [2.05, 4.69) is 15.3 Å². The van der Waals surface area contributed by atoms with E-state index in [1.807, 2.05) is 0 Å². The third-order valence-corrected chi connectivity index (χ3v) is 7.34. The van der Waals surface area contributed by atoms with Gasteiger partial charge in [0.2, 0.25) is 0 Å². The third-order valence-electron chi connectivity index (χ3n) is 5.28. The van der Waals surface area contributed by atoms with Crippen LogP contribution >= 0.6 is 11.6 Å². The van der Waals surface area contributed by atoms with Gasteiger partial charge in [0.05, 0.1) is 6.33 Å². The maximum Gasteiger partial charge on any atom is 0.433 e. The van der Waals surface area contributed by atoms with Crippen molar-refractivity contribution in [2.75, 3.05) is 18.4 Å². The molecule has 3 aromatic rings. The molecule has 4 rings (SSSR count). The zero-order chi connectivity index (χ0) is 23.1. The number of anilines is 1. The number of hydrogen-bond donors (Lipinski definition) is 1. The molecule has 0 bridgehead atoms. The summed E-state index contributed by atoms with van der Waals surface area (Å²) in [6, 6.07) is 8.79. The molecule has 3 heterocycles. The molecule has 0 amide bonds. The van der Waals surface area contributed by atoms with E-state index in [-0.39, 0.29) is 23.8 Å². The summed E-state index contributed by atoms with van der Waals surface area (Å²) in [5, 5.41) is 3.41. The first-order valence-corrected chi connectivity index (χ1v) is 11.4. The SMILES string of the molecule is Cn1cnc(S(=O)(=O)N2C[C@H](Nc3ccnc(C(F)(F)F)c3)[C@@H](c3ccccc3Cl)C2)c1. The van der Waals surface area contributed by atoms with Gasteiger partial charge < -0.3 is 9.88 Å². The first kappa shape index (κ1) is 22.6. The van der Waals surface area contributed by atoms with Crippen LogP contribution < -0.4 is 5.32 Å². The van der Waals surface area contributed by atoms with E-state index in [0.717, 1.165) is 12.3 Å². The Balaban J connectivity index is 1.68. The zero-order valence-corrected chi connectivity index (χ0v) is 18.4. The number of rotatable bonds is 5. The van der Waals surface area contributed by atoms with E-state index < -0.39 is 33.9 Å². The van der Waals surface area contributed by atoms with Gasteiger partial charge in [-0.25, -0.2) is 13.4 Å². The number of hydrogen-bond acceptors (Lipinski definition) is 5. The van der Waals surface area contributed by atoms with Crippen LogP contribution in [0.15, 0.2) is 60.1 Å². The number of alkyl halides is 3. The van der Waals surface area contributed by atoms with E-state index in [9.17, 15) is 21.6 Å². The van der Waals surface area contributed by atoms with E-state index >= 15 is 0 Å². The third kappa shape index (κ3) is 4.45. The highest BCUT2D eigenvalue weighted by Crippen LogP contribution is 2.37. The van der Waals surface area contributed by atoms with Gasteiger partial charge in [0.15, 0.2) is 5.03 Å². The van der Waals surface area contributed by atoms with Gasteiger partial charge in [0.1, 0.15) is 5.69 Å². The molecule has 1 aliphatic heterocycles. The van der Waals surface area contributed by atoms with Crippen LogP contribution in [0.25, 0.3) is 0 Å². The van der Waals surface area contributed by atoms with Crippen LogP contribution in [0.5, 0.6) is 0 Å². The molecule has 1 saturated heterocycles. The van der Waals surface area contributed by atoms with Gasteiger partial charge in [0, 0.05) is 55.2 Å². The number of pyridine rings is 1. The van der Waals surface area contributed by atoms with Crippen molar-refractivity contribution < 1.29 is 21.6 Å². The fourth-order valence-electron chi connectivity index (χ4n) is 3.74. The normalized spacial score (nSPS) is 19.9. The van der Waals surface area contributed by atoms with E-state index in [1.54, 1.807) is 31.3 Å². The lowest BCUT2D eigenvalue weighted by atomic mass is 9.94. The number of imidazole rings is 1. The highest BCUT2D eigenvalue weighted by molar-refractivity contribution is 7.89. The Hall–Kier alpha value is -2.63. The van der Waals surface area contributed by atoms with E-state index in [4.69, 9.17) is 11.6 Å². The minimum Gasteiger partial charge on any atom is -0.380 e. The minimum atomic E-state index is -4.59. The molecular weight excluding hydrogens is 467 g/mol. The molecule has 0 aliphatic carbocycles. The van der Waals surface area contributed by atoms with Crippen LogP contribution in [-0.2, 0) is 23.2 Å². The lowest BCUT2D eigenvalue weighted by Gasteiger charge is -2.22. The van der Waals surface area contributed by atoms with Gasteiger partial charge in [-0.3, -0.25) is 4.98 Å². The van der Waals surface area contributed by atoms with Gasteiger partial charge in [-0.2, -0.15) is 17.5 Å². The summed E-state index contributed by atoms with van der Waals surface area (Å²) in [6.45, 7) is 0.121. The van der Waals surface area contributed by atoms with Crippen LogP contribution in [0.4, 0.5) is 18.9 Å². The van der Waals surface area contributed by atoms with Gasteiger partial charge in [-0.1, -0.05) is 29.8 Å². The molecule has 2 aromatic heterocycles. The fourth-order valence-corrected chi connectivity index (χ4v) is 5.48. The number of sulfonamides is 1. The second-order valence-electron chi connectivity index (χ2n) is 7.51. The summed E-state index contributed by atoms with van der Waals surface area (Å²) in [7, 11) is -2.24. The van der Waals surface area contributed by atoms with Crippen LogP contribution in [-0.4, -0.2) is 46.4 Å². The van der Waals surface area contributed by atoms with Crippen molar-refractivity contribution in [1.29, 1.82) is 0 Å². The molecular formula is C20H19ClF3N5O2S. The smallest absolute Gasteiger partial charge is 0.380 e. The standard InChI is InChI=1S/C20H19ClF3N5O2S/c1-28-11-19(26-12-28)32(30,31)29-9-15(14-4-2-3-5-16(14)21)17(10-29)27-13-6-7-25-18(8-13)20(22,23)24/h2-8,11-12,15,17H,9-10H2,1H3,(H,25,27)/t15-,17+/m1/s1. The molecule has 32 heavy (non-hydrogen) atoms. The lowest BCUT2D eigenvalue weighted by Crippen LogP contribution is -2.32. The quantitative estimate of drug-likeness (QED) is 0.595. The van der Waals surface area contributed by atoms with Crippen LogP contribution in [0.3, 0.4) is 0 Å². The van der Waals surface area contributed by atoms with Gasteiger partial charge in [-0.15, -0.1) is 0 Å². The predicted molar refractivity (Wildman–Crippen MR) is 113 cm³/mol. The first-order valence-electron chi connectivity index (χ1n) is 9.58. The number of nitrogens with one attached hydrogen (secondary N) is 1. The molecule has 7 nitrogen and oxygen atoms in total. The Morgan fingerprint density at radius 2 is 1.91 bits per heavy atom. The summed E-state index contributed by atoms with van der Waals surface area (Å²) in [5.74, 6) is -0.398. The van der Waals surface area contributed by atoms with Crippen molar-refractivity contribution in [3.63, 3.8) is 0 Å². The summed E-state index contributed by atoms with van der Waals surface area (Å²) >= 11 is 6.37. The number of halogens is 4. The van der Waals surface area contributed by atoms with Crippen molar-refractivity contribution in [2.45, 2.75) is 23.2 Å². The van der Waals surface area contributed by atoms with Crippen LogP contribution in [0, 0.1) is 0 Å². The highest BCUT2D eigenvalue weighted by Gasteiger charge is 2.42. The van der Waals surface area contributed by atoms with Crippen LogP contribution in [0.1, 0.15) is 17.2 Å². The summed E-state index contributed by atoms with van der Waals surface area (Å²) in [4.78, 5) is 7.32. The monoisotopic (exact) mass is 485 g/mol. The molecule has 0 unspecified atom stereocenters. The first-order chi connectivity index (χ1) is 15.1. The lowest BCUT2D eigenvalue weighted by molar-refractivity contribution is -0.141. The van der Waals surface area contributed by atoms with Crippen molar-refractivity contribution in [2.24, 2.45) is 7.05 Å². The van der Waals surface area contributed by atoms with E-state index in [1.165, 1.54) is 27.5 Å². The Bertz CT molecular complexity index is 1230. The highest BCUT2D eigenvalue weighted by atomic mass is 35.5. The largest absolute Gasteiger partial charge is 0.433 e. The molecule has 0 saturated carbocycles.